The van der Waals surface area contributed by atoms with Gasteiger partial charge in [0.15, 0.2) is 136 Å². The smallest absolute Gasteiger partial charge is 0.321 e. The third kappa shape index (κ3) is 27.1. The van der Waals surface area contributed by atoms with Crippen LogP contribution in [0.4, 0.5) is 63.0 Å². The van der Waals surface area contributed by atoms with Crippen LogP contribution >= 0.6 is 58.0 Å². The molecule has 34 N–H and O–H groups in total. The molecule has 5 heterocycles. The predicted octanol–water partition coefficient (Wildman–Crippen LogP) is -0.869. The maximum Gasteiger partial charge on any atom is 0.321 e. The van der Waals surface area contributed by atoms with Gasteiger partial charge in [0.05, 0.1) is 0 Å². The molecule has 0 radical (unpaired) electrons. The van der Waals surface area contributed by atoms with Gasteiger partial charge >= 0.3 is 6.03 Å². The Labute approximate surface area is 537 Å². The molecule has 7 amide bonds. The van der Waals surface area contributed by atoms with E-state index in [4.69, 9.17) is 138 Å². The number of nitrogens with two attached hydrogens (primary N) is 14. The molecule has 45 heteroatoms. The maximum absolute atomic E-state index is 11.8. The highest BCUT2D eigenvalue weighted by Crippen LogP contribution is 2.21. The lowest BCUT2D eigenvalue weighted by atomic mass is 10.3. The zero-order valence-corrected chi connectivity index (χ0v) is 53.3. The first kappa shape index (κ1) is 77.6. The molecule has 490 valence electrons. The average molecular weight is 1360 g/mol. The lowest BCUT2D eigenvalue weighted by molar-refractivity contribution is 0.0952. The summed E-state index contributed by atoms with van der Waals surface area (Å²) in [6, 6.07) is -0.986. The fourth-order valence-electron chi connectivity index (χ4n) is 5.45. The number of halogens is 5. The van der Waals surface area contributed by atoms with Crippen molar-refractivity contribution >= 4 is 176 Å². The number of hydrogen-bond donors (Lipinski definition) is 20. The van der Waals surface area contributed by atoms with E-state index in [1.54, 1.807) is 13.8 Å². The minimum absolute atomic E-state index is 0.0378. The molecule has 90 heavy (non-hydrogen) atoms. The van der Waals surface area contributed by atoms with Gasteiger partial charge in [0.2, 0.25) is 0 Å². The van der Waals surface area contributed by atoms with Crippen LogP contribution in [0.5, 0.6) is 0 Å². The Bertz CT molecular complexity index is 3180. The van der Waals surface area contributed by atoms with Crippen molar-refractivity contribution in [3.8, 4) is 0 Å². The fraction of sp³-hybridized carbons (Fsp3) is 0.333. The molecule has 0 unspecified atom stereocenters. The van der Waals surface area contributed by atoms with Crippen LogP contribution in [0, 0.1) is 0 Å². The van der Waals surface area contributed by atoms with Gasteiger partial charge in [-0.2, -0.15) is 0 Å². The number of imide groups is 1. The van der Waals surface area contributed by atoms with E-state index in [2.05, 4.69) is 96.4 Å². The zero-order valence-electron chi connectivity index (χ0n) is 49.6. The van der Waals surface area contributed by atoms with Crippen LogP contribution in [0.25, 0.3) is 0 Å². The number of hydrogen-bond acceptors (Lipinski definition) is 30. The Morgan fingerprint density at radius 3 is 0.622 bits per heavy atom. The summed E-state index contributed by atoms with van der Waals surface area (Å²) in [6.45, 7) is 18.0. The number of aromatic nitrogens is 10. The van der Waals surface area contributed by atoms with E-state index in [0.717, 1.165) is 0 Å². The van der Waals surface area contributed by atoms with Gasteiger partial charge in [-0.15, -0.1) is 0 Å². The summed E-state index contributed by atoms with van der Waals surface area (Å²) in [4.78, 5) is 123. The van der Waals surface area contributed by atoms with Crippen LogP contribution in [0.3, 0.4) is 0 Å². The molecular weight excluding hydrogens is 1290 g/mol. The highest BCUT2D eigenvalue weighted by atomic mass is 35.5. The van der Waals surface area contributed by atoms with Crippen molar-refractivity contribution in [1.29, 1.82) is 0 Å². The summed E-state index contributed by atoms with van der Waals surface area (Å²) >= 11 is 28.2. The Morgan fingerprint density at radius 2 is 0.467 bits per heavy atom. The molecular formula is C45H69Cl5N34O6. The van der Waals surface area contributed by atoms with Crippen LogP contribution in [-0.2, 0) is 0 Å². The summed E-state index contributed by atoms with van der Waals surface area (Å²) in [6.07, 6.45) is 0. The number of carbonyl (C=O) groups excluding carboxylic acids is 6. The Morgan fingerprint density at radius 1 is 0.300 bits per heavy atom. The topological polar surface area (TPSA) is 717 Å². The van der Waals surface area contributed by atoms with Gasteiger partial charge in [-0.05, 0) is 69.2 Å². The Hall–Kier alpha value is -10.5. The molecule has 0 bridgehead atoms. The summed E-state index contributed by atoms with van der Waals surface area (Å²) in [5, 5.41) is 13.2. The summed E-state index contributed by atoms with van der Waals surface area (Å²) < 4.78 is 0. The minimum atomic E-state index is -0.806. The van der Waals surface area contributed by atoms with E-state index in [0.29, 0.717) is 0 Å². The van der Waals surface area contributed by atoms with E-state index in [1.165, 1.54) is 0 Å². The quantitative estimate of drug-likeness (QED) is 0.0597. The third-order valence-electron chi connectivity index (χ3n) is 8.80. The number of rotatable bonds is 10. The van der Waals surface area contributed by atoms with E-state index >= 15 is 0 Å². The van der Waals surface area contributed by atoms with E-state index < -0.39 is 35.6 Å². The first-order chi connectivity index (χ1) is 41.5. The Kier molecular flexibility index (Phi) is 31.0. The molecule has 0 saturated carbocycles. The molecule has 0 saturated heterocycles. The van der Waals surface area contributed by atoms with Gasteiger partial charge in [0, 0.05) is 30.2 Å². The summed E-state index contributed by atoms with van der Waals surface area (Å²) in [5.74, 6) is -4.56. The highest BCUT2D eigenvalue weighted by Gasteiger charge is 2.22. The number of amides is 7. The summed E-state index contributed by atoms with van der Waals surface area (Å²) in [5.41, 5.74) is 75.6. The SMILES string of the molecule is CC(C)N=C(N)NC(=O)c1nc(Cl)c(N)nc1N.CC(C)N=C(N)NC(=O)c1nc(Cl)c(N)nc1N.CC(C)N=C(N)NC(=O)c1nc(Cl)c(N)nc1N.CC(C)N=C(N)NC(=O)c1nc(Cl)c(N)nc1N.CC(C)NC(=O)NC(=O)c1nc(Cl)c(N)nc1N. The molecule has 40 nitrogen and oxygen atoms in total. The lowest BCUT2D eigenvalue weighted by Gasteiger charge is -2.10. The van der Waals surface area contributed by atoms with Gasteiger partial charge < -0.3 is 85.6 Å². The number of carbonyl (C=O) groups is 6. The molecule has 0 aliphatic rings. The number of anilines is 10. The number of urea groups is 1. The first-order valence-corrected chi connectivity index (χ1v) is 27.1. The van der Waals surface area contributed by atoms with Crippen molar-refractivity contribution < 1.29 is 28.8 Å². The van der Waals surface area contributed by atoms with E-state index in [1.807, 2.05) is 60.7 Å². The first-order valence-electron chi connectivity index (χ1n) is 25.2. The molecule has 0 aromatic carbocycles. The average Bonchev–Trinajstić information content (AvgIpc) is 1.03. The van der Waals surface area contributed by atoms with Crippen LogP contribution in [0.1, 0.15) is 122 Å². The monoisotopic (exact) mass is 1360 g/mol. The molecule has 5 aromatic rings. The molecule has 0 fully saturated rings. The summed E-state index contributed by atoms with van der Waals surface area (Å²) in [7, 11) is 0. The largest absolute Gasteiger partial charge is 0.382 e. The van der Waals surface area contributed by atoms with Crippen LogP contribution < -0.4 is 112 Å². The number of aliphatic imine (C=N–C) groups is 4. The molecule has 0 aliphatic heterocycles. The zero-order chi connectivity index (χ0) is 69.3. The van der Waals surface area contributed by atoms with Crippen LogP contribution in [0.2, 0.25) is 25.8 Å². The molecule has 0 atom stereocenters. The van der Waals surface area contributed by atoms with Gasteiger partial charge in [0.25, 0.3) is 29.5 Å². The number of nitrogens with zero attached hydrogens (tertiary/aromatic N) is 14. The second-order valence-electron chi connectivity index (χ2n) is 18.5. The van der Waals surface area contributed by atoms with Crippen LogP contribution in [0.15, 0.2) is 20.0 Å². The lowest BCUT2D eigenvalue weighted by Crippen LogP contribution is -2.43. The molecule has 0 aliphatic carbocycles. The normalized spacial score (nSPS) is 11.4. The molecule has 5 rings (SSSR count). The highest BCUT2D eigenvalue weighted by molar-refractivity contribution is 6.33. The van der Waals surface area contributed by atoms with E-state index in [9.17, 15) is 28.8 Å². The fourth-order valence-corrected chi connectivity index (χ4v) is 6.08. The van der Waals surface area contributed by atoms with Gasteiger partial charge in [0.1, 0.15) is 0 Å². The number of nitrogens with one attached hydrogen (secondary N) is 6. The van der Waals surface area contributed by atoms with Crippen molar-refractivity contribution in [1.82, 2.24) is 81.7 Å². The minimum Gasteiger partial charge on any atom is -0.382 e. The van der Waals surface area contributed by atoms with Crippen molar-refractivity contribution in [2.45, 2.75) is 99.4 Å². The van der Waals surface area contributed by atoms with Gasteiger partial charge in [-0.1, -0.05) is 58.0 Å². The number of guanidine groups is 4. The van der Waals surface area contributed by atoms with Crippen molar-refractivity contribution in [3.05, 3.63) is 54.2 Å². The van der Waals surface area contributed by atoms with Gasteiger partial charge in [-0.3, -0.25) is 70.5 Å². The standard InChI is InChI=1S/4C9H14ClN7O.C9H13ClN6O2/c4*1-3(2)14-9(13)17-8(18)4-6(11)16-7(12)5(10)15-4;1-3(2)13-9(18)16-8(17)4-6(11)15-7(12)5(10)14-4/h4*3H,1-2H3,(H4,11,12,16)(H3,13,14,17,18);3H,1-2H3,(H4,11,12,15)(H2,13,16,17,18). The maximum atomic E-state index is 11.8. The Balaban J connectivity index is 0.000000562. The third-order valence-corrected chi connectivity index (χ3v) is 10.2. The molecule has 0 spiro atoms. The van der Waals surface area contributed by atoms with Crippen molar-refractivity contribution in [3.63, 3.8) is 0 Å². The molecule has 5 aromatic heterocycles. The number of nitrogen functional groups attached to an aromatic ring is 10. The predicted molar refractivity (Wildman–Crippen MR) is 347 cm³/mol. The van der Waals surface area contributed by atoms with Gasteiger partial charge in [-0.25, -0.2) is 54.6 Å². The van der Waals surface area contributed by atoms with Crippen molar-refractivity contribution in [2.24, 2.45) is 42.9 Å². The van der Waals surface area contributed by atoms with E-state index in [-0.39, 0.29) is 166 Å². The van der Waals surface area contributed by atoms with Crippen molar-refractivity contribution in [2.75, 3.05) is 57.3 Å². The second-order valence-corrected chi connectivity index (χ2v) is 20.3. The second kappa shape index (κ2) is 36.0. The van der Waals surface area contributed by atoms with Crippen LogP contribution in [-0.4, -0.2) is 139 Å².